The number of methoxy groups -OCH3 is 1. The minimum atomic E-state index is -0.813. The molecule has 190 valence electrons. The minimum Gasteiger partial charge on any atom is -0.497 e. The summed E-state index contributed by atoms with van der Waals surface area (Å²) in [4.78, 5) is 0. The average Bonchev–Trinajstić information content (AvgIpc) is 3.28. The summed E-state index contributed by atoms with van der Waals surface area (Å²) < 4.78 is 24.2. The Kier molecular flexibility index (Phi) is 4.92. The summed E-state index contributed by atoms with van der Waals surface area (Å²) in [6.45, 7) is 6.77. The summed E-state index contributed by atoms with van der Waals surface area (Å²) in [6, 6.07) is 8.71. The van der Waals surface area contributed by atoms with E-state index in [1.54, 1.807) is 12.7 Å². The lowest BCUT2D eigenvalue weighted by atomic mass is 9.50. The van der Waals surface area contributed by atoms with E-state index in [2.05, 4.69) is 38.1 Å². The van der Waals surface area contributed by atoms with Gasteiger partial charge in [-0.1, -0.05) is 24.6 Å². The molecule has 0 amide bonds. The summed E-state index contributed by atoms with van der Waals surface area (Å²) >= 11 is 0. The van der Waals surface area contributed by atoms with Crippen LogP contribution in [0.25, 0.3) is 0 Å². The maximum atomic E-state index is 12.1. The summed E-state index contributed by atoms with van der Waals surface area (Å²) in [6.07, 6.45) is 7.78. The van der Waals surface area contributed by atoms with Gasteiger partial charge in [0.15, 0.2) is 5.79 Å². The van der Waals surface area contributed by atoms with Crippen LogP contribution in [0.4, 0.5) is 0 Å². The monoisotopic (exact) mass is 480 g/mol. The summed E-state index contributed by atoms with van der Waals surface area (Å²) in [7, 11) is 1.73. The highest BCUT2D eigenvalue weighted by atomic mass is 16.7. The van der Waals surface area contributed by atoms with Crippen molar-refractivity contribution in [3.63, 3.8) is 0 Å². The molecular formula is C30H40O5. The molecule has 1 aliphatic heterocycles. The highest BCUT2D eigenvalue weighted by Gasteiger charge is 2.76. The Labute approximate surface area is 209 Å². The maximum absolute atomic E-state index is 12.1. The predicted molar refractivity (Wildman–Crippen MR) is 132 cm³/mol. The summed E-state index contributed by atoms with van der Waals surface area (Å²) in [5, 5.41) is 12.1. The molecule has 1 aromatic rings. The van der Waals surface area contributed by atoms with Crippen molar-refractivity contribution in [2.24, 2.45) is 23.2 Å². The molecule has 0 aromatic heterocycles. The lowest BCUT2D eigenvalue weighted by Gasteiger charge is -2.57. The van der Waals surface area contributed by atoms with Gasteiger partial charge in [0, 0.05) is 30.8 Å². The van der Waals surface area contributed by atoms with Crippen LogP contribution in [-0.4, -0.2) is 49.0 Å². The first kappa shape index (κ1) is 22.8. The number of allylic oxidation sites excluding steroid dienone is 1. The van der Waals surface area contributed by atoms with E-state index in [1.165, 1.54) is 24.0 Å². The van der Waals surface area contributed by atoms with Crippen molar-refractivity contribution in [1.29, 1.82) is 0 Å². The number of hydrogen-bond donors (Lipinski definition) is 1. The lowest BCUT2D eigenvalue weighted by Crippen LogP contribution is -2.54. The van der Waals surface area contributed by atoms with E-state index in [4.69, 9.17) is 18.9 Å². The van der Waals surface area contributed by atoms with E-state index in [-0.39, 0.29) is 11.0 Å². The van der Waals surface area contributed by atoms with E-state index in [0.29, 0.717) is 43.3 Å². The third-order valence-corrected chi connectivity index (χ3v) is 11.1. The fourth-order valence-electron chi connectivity index (χ4n) is 9.60. The number of hydrogen-bond acceptors (Lipinski definition) is 5. The van der Waals surface area contributed by atoms with Gasteiger partial charge in [-0.3, -0.25) is 0 Å². The van der Waals surface area contributed by atoms with Crippen molar-refractivity contribution >= 4 is 0 Å². The molecule has 5 heteroatoms. The molecular weight excluding hydrogens is 440 g/mol. The molecule has 0 unspecified atom stereocenters. The zero-order valence-electron chi connectivity index (χ0n) is 21.5. The van der Waals surface area contributed by atoms with Crippen LogP contribution in [0.3, 0.4) is 0 Å². The van der Waals surface area contributed by atoms with Crippen molar-refractivity contribution in [3.8, 4) is 5.75 Å². The number of rotatable bonds is 4. The Hall–Kier alpha value is -1.40. The SMILES string of the molecule is CCO[C@@]12C[C@@H]1C[C@H]1[C@@H]3CC[C@@]4(O)CC5(CCC4=C3[C@@H](c3ccc(OC)cc3)C[C@@]12C)OCCO5. The molecule has 7 rings (SSSR count). The molecule has 1 saturated heterocycles. The Morgan fingerprint density at radius 3 is 2.57 bits per heavy atom. The summed E-state index contributed by atoms with van der Waals surface area (Å²) in [5.41, 5.74) is 3.64. The molecule has 0 radical (unpaired) electrons. The fraction of sp³-hybridized carbons (Fsp3) is 0.733. The van der Waals surface area contributed by atoms with E-state index >= 15 is 0 Å². The molecule has 1 aromatic carbocycles. The van der Waals surface area contributed by atoms with Crippen molar-refractivity contribution in [2.45, 2.75) is 88.1 Å². The third kappa shape index (κ3) is 3.02. The molecule has 4 saturated carbocycles. The smallest absolute Gasteiger partial charge is 0.171 e. The molecule has 7 atom stereocenters. The quantitative estimate of drug-likeness (QED) is 0.588. The van der Waals surface area contributed by atoms with E-state index < -0.39 is 11.4 Å². The third-order valence-electron chi connectivity index (χ3n) is 11.1. The standard InChI is InChI=1S/C30H40O5/c1-4-33-30-16-20(30)15-25-22-9-11-28(31)18-29(34-13-14-35-29)12-10-24(28)26(22)23(17-27(25,30)2)19-5-7-21(32-3)8-6-19/h5-8,20,22-23,25,31H,4,9-18H2,1-3H3/t20-,22-,23+,25-,27-,28+,30-/m0/s1. The zero-order valence-corrected chi connectivity index (χ0v) is 21.5. The van der Waals surface area contributed by atoms with Crippen LogP contribution in [0, 0.1) is 23.2 Å². The van der Waals surface area contributed by atoms with Gasteiger partial charge < -0.3 is 24.1 Å². The molecule has 5 fully saturated rings. The predicted octanol–water partition coefficient (Wildman–Crippen LogP) is 5.37. The van der Waals surface area contributed by atoms with Crippen LogP contribution in [0.1, 0.15) is 76.7 Å². The van der Waals surface area contributed by atoms with Crippen LogP contribution in [0.15, 0.2) is 35.4 Å². The number of benzene rings is 1. The number of aliphatic hydroxyl groups is 1. The first-order chi connectivity index (χ1) is 16.9. The van der Waals surface area contributed by atoms with Crippen LogP contribution < -0.4 is 4.74 Å². The van der Waals surface area contributed by atoms with Crippen LogP contribution in [0.5, 0.6) is 5.75 Å². The largest absolute Gasteiger partial charge is 0.497 e. The van der Waals surface area contributed by atoms with Gasteiger partial charge in [0.1, 0.15) is 5.75 Å². The minimum absolute atomic E-state index is 0.0588. The molecule has 1 spiro atoms. The van der Waals surface area contributed by atoms with Gasteiger partial charge >= 0.3 is 0 Å². The highest BCUT2D eigenvalue weighted by molar-refractivity contribution is 5.46. The number of fused-ring (bicyclic) bond motifs is 6. The fourth-order valence-corrected chi connectivity index (χ4v) is 9.60. The second-order valence-electron chi connectivity index (χ2n) is 12.4. The Bertz CT molecular complexity index is 1040. The Balaban J connectivity index is 1.34. The highest BCUT2D eigenvalue weighted by Crippen LogP contribution is 2.77. The summed E-state index contributed by atoms with van der Waals surface area (Å²) in [5.74, 6) is 2.49. The molecule has 1 N–H and O–H groups in total. The van der Waals surface area contributed by atoms with E-state index in [9.17, 15) is 5.11 Å². The Morgan fingerprint density at radius 1 is 1.09 bits per heavy atom. The maximum Gasteiger partial charge on any atom is 0.171 e. The van der Waals surface area contributed by atoms with Gasteiger partial charge in [0.25, 0.3) is 0 Å². The lowest BCUT2D eigenvalue weighted by molar-refractivity contribution is -0.208. The average molecular weight is 481 g/mol. The second kappa shape index (κ2) is 7.56. The van der Waals surface area contributed by atoms with Crippen molar-refractivity contribution < 1.29 is 24.1 Å². The van der Waals surface area contributed by atoms with E-state index in [1.807, 2.05) is 0 Å². The van der Waals surface area contributed by atoms with Gasteiger partial charge in [0.2, 0.25) is 0 Å². The van der Waals surface area contributed by atoms with Crippen LogP contribution in [0.2, 0.25) is 0 Å². The molecule has 6 aliphatic rings. The van der Waals surface area contributed by atoms with Crippen molar-refractivity contribution in [2.75, 3.05) is 26.9 Å². The zero-order chi connectivity index (χ0) is 24.1. The van der Waals surface area contributed by atoms with Crippen molar-refractivity contribution in [1.82, 2.24) is 0 Å². The molecule has 1 heterocycles. The van der Waals surface area contributed by atoms with Crippen molar-refractivity contribution in [3.05, 3.63) is 41.0 Å². The van der Waals surface area contributed by atoms with Crippen LogP contribution >= 0.6 is 0 Å². The molecule has 0 bridgehead atoms. The number of ether oxygens (including phenoxy) is 4. The van der Waals surface area contributed by atoms with E-state index in [0.717, 1.165) is 44.5 Å². The normalized spacial score (nSPS) is 45.0. The second-order valence-corrected chi connectivity index (χ2v) is 12.4. The van der Waals surface area contributed by atoms with Gasteiger partial charge in [-0.25, -0.2) is 0 Å². The first-order valence-electron chi connectivity index (χ1n) is 13.9. The van der Waals surface area contributed by atoms with Gasteiger partial charge in [-0.15, -0.1) is 0 Å². The van der Waals surface area contributed by atoms with Gasteiger partial charge in [-0.2, -0.15) is 0 Å². The van der Waals surface area contributed by atoms with Gasteiger partial charge in [-0.05, 0) is 86.5 Å². The van der Waals surface area contributed by atoms with Crippen LogP contribution in [-0.2, 0) is 14.2 Å². The molecule has 5 aliphatic carbocycles. The van der Waals surface area contributed by atoms with Gasteiger partial charge in [0.05, 0.1) is 31.5 Å². The first-order valence-corrected chi connectivity index (χ1v) is 13.9. The topological polar surface area (TPSA) is 57.2 Å². The Morgan fingerprint density at radius 2 is 1.86 bits per heavy atom. The molecule has 5 nitrogen and oxygen atoms in total. The molecule has 35 heavy (non-hydrogen) atoms.